The van der Waals surface area contributed by atoms with Gasteiger partial charge in [-0.1, -0.05) is 36.4 Å². The van der Waals surface area contributed by atoms with Crippen molar-refractivity contribution >= 4 is 38.2 Å². The van der Waals surface area contributed by atoms with Crippen molar-refractivity contribution in [2.75, 3.05) is 16.4 Å². The average molecular weight is 391 g/mol. The van der Waals surface area contributed by atoms with Gasteiger partial charge in [-0.3, -0.25) is 9.71 Å². The Balaban J connectivity index is 1.78. The van der Waals surface area contributed by atoms with E-state index < -0.39 is 10.0 Å². The Bertz CT molecular complexity index is 988. The van der Waals surface area contributed by atoms with Crippen molar-refractivity contribution in [3.05, 3.63) is 66.4 Å². The Labute approximate surface area is 158 Å². The van der Waals surface area contributed by atoms with Crippen molar-refractivity contribution in [2.24, 2.45) is 0 Å². The molecule has 0 unspecified atom stereocenters. The van der Waals surface area contributed by atoms with E-state index in [1.165, 1.54) is 0 Å². The molecule has 0 saturated carbocycles. The molecule has 0 radical (unpaired) electrons. The lowest BCUT2D eigenvalue weighted by molar-refractivity contribution is 0.310. The van der Waals surface area contributed by atoms with Crippen LogP contribution in [-0.2, 0) is 16.6 Å². The number of pyridine rings is 1. The number of nitrogens with zero attached hydrogens (tertiary/aromatic N) is 1. The van der Waals surface area contributed by atoms with E-state index in [1.807, 2.05) is 42.5 Å². The highest BCUT2D eigenvalue weighted by Crippen LogP contribution is 2.25. The van der Waals surface area contributed by atoms with E-state index in [-0.39, 0.29) is 12.4 Å². The molecular weight excluding hydrogens is 372 g/mol. The van der Waals surface area contributed by atoms with Crippen molar-refractivity contribution < 1.29 is 13.2 Å². The molecule has 1 aromatic heterocycles. The maximum Gasteiger partial charge on any atom is 0.232 e. The maximum atomic E-state index is 12.1. The third kappa shape index (κ3) is 4.65. The molecule has 0 spiro atoms. The molecule has 5 nitrogen and oxygen atoms in total. The molecule has 0 aliphatic rings. The number of para-hydroxylation sites is 2. The van der Waals surface area contributed by atoms with Crippen molar-refractivity contribution in [2.45, 2.75) is 13.0 Å². The molecule has 3 rings (SSSR count). The second kappa shape index (κ2) is 8.38. The Morgan fingerprint density at radius 1 is 1.04 bits per heavy atom. The molecular formula is C19H19ClN2O3S. The third-order valence-electron chi connectivity index (χ3n) is 3.81. The lowest BCUT2D eigenvalue weighted by Gasteiger charge is -2.14. The largest absolute Gasteiger partial charge is 0.487 e. The Hall–Kier alpha value is -2.31. The van der Waals surface area contributed by atoms with Gasteiger partial charge in [-0.05, 0) is 24.6 Å². The van der Waals surface area contributed by atoms with Crippen molar-refractivity contribution in [3.8, 4) is 5.75 Å². The summed E-state index contributed by atoms with van der Waals surface area (Å²) < 4.78 is 32.8. The molecule has 136 valence electrons. The van der Waals surface area contributed by atoms with Crippen molar-refractivity contribution in [1.29, 1.82) is 0 Å². The average Bonchev–Trinajstić information content (AvgIpc) is 2.65. The van der Waals surface area contributed by atoms with Crippen LogP contribution in [0.5, 0.6) is 5.75 Å². The molecule has 2 aromatic carbocycles. The van der Waals surface area contributed by atoms with Gasteiger partial charge in [0.2, 0.25) is 10.0 Å². The van der Waals surface area contributed by atoms with Crippen molar-refractivity contribution in [1.82, 2.24) is 4.98 Å². The highest BCUT2D eigenvalue weighted by molar-refractivity contribution is 7.92. The number of sulfonamides is 1. The topological polar surface area (TPSA) is 68.3 Å². The zero-order valence-corrected chi connectivity index (χ0v) is 15.6. The number of alkyl halides is 1. The number of rotatable bonds is 8. The van der Waals surface area contributed by atoms with Crippen LogP contribution in [0.2, 0.25) is 0 Å². The summed E-state index contributed by atoms with van der Waals surface area (Å²) in [5.41, 5.74) is 2.03. The fourth-order valence-corrected chi connectivity index (χ4v) is 4.01. The van der Waals surface area contributed by atoms with Gasteiger partial charge in [0.1, 0.15) is 17.9 Å². The second-order valence-electron chi connectivity index (χ2n) is 5.74. The van der Waals surface area contributed by atoms with Crippen LogP contribution in [-0.4, -0.2) is 25.0 Å². The molecule has 1 N–H and O–H groups in total. The summed E-state index contributed by atoms with van der Waals surface area (Å²) in [4.78, 5) is 4.36. The molecule has 0 saturated heterocycles. The predicted molar refractivity (Wildman–Crippen MR) is 105 cm³/mol. The fourth-order valence-electron chi connectivity index (χ4n) is 2.56. The van der Waals surface area contributed by atoms with Gasteiger partial charge in [0.25, 0.3) is 0 Å². The van der Waals surface area contributed by atoms with E-state index in [0.29, 0.717) is 23.7 Å². The van der Waals surface area contributed by atoms with Gasteiger partial charge >= 0.3 is 0 Å². The van der Waals surface area contributed by atoms with Gasteiger partial charge in [-0.2, -0.15) is 0 Å². The molecule has 0 aliphatic heterocycles. The van der Waals surface area contributed by atoms with E-state index in [1.54, 1.807) is 18.3 Å². The number of nitrogens with one attached hydrogen (secondary N) is 1. The van der Waals surface area contributed by atoms with Crippen LogP contribution in [0.1, 0.15) is 12.0 Å². The quantitative estimate of drug-likeness (QED) is 0.586. The normalized spacial score (nSPS) is 11.4. The minimum Gasteiger partial charge on any atom is -0.487 e. The number of benzene rings is 2. The number of halogens is 1. The smallest absolute Gasteiger partial charge is 0.232 e. The van der Waals surface area contributed by atoms with E-state index in [9.17, 15) is 8.42 Å². The van der Waals surface area contributed by atoms with Gasteiger partial charge < -0.3 is 4.74 Å². The zero-order chi connectivity index (χ0) is 18.4. The van der Waals surface area contributed by atoms with E-state index in [0.717, 1.165) is 16.5 Å². The lowest BCUT2D eigenvalue weighted by atomic mass is 10.2. The number of fused-ring (bicyclic) bond motifs is 1. The van der Waals surface area contributed by atoms with Gasteiger partial charge in [0, 0.05) is 23.0 Å². The molecule has 0 atom stereocenters. The standard InChI is InChI=1S/C19H19ClN2O3S/c20-11-5-13-26(23,24)22-17-9-2-1-6-16(17)14-25-18-10-3-7-15-8-4-12-21-19(15)18/h1-4,6-10,12,22H,5,11,13-14H2. The summed E-state index contributed by atoms with van der Waals surface area (Å²) in [5, 5.41) is 0.986. The number of anilines is 1. The first-order valence-electron chi connectivity index (χ1n) is 8.20. The minimum absolute atomic E-state index is 0.0149. The first-order valence-corrected chi connectivity index (χ1v) is 10.4. The fraction of sp³-hybridized carbons (Fsp3) is 0.211. The number of hydrogen-bond donors (Lipinski definition) is 1. The molecule has 0 bridgehead atoms. The second-order valence-corrected chi connectivity index (χ2v) is 7.96. The Kier molecular flexibility index (Phi) is 5.96. The minimum atomic E-state index is -3.44. The van der Waals surface area contributed by atoms with Crippen LogP contribution in [0.25, 0.3) is 10.9 Å². The van der Waals surface area contributed by atoms with Gasteiger partial charge in [0.05, 0.1) is 11.4 Å². The highest BCUT2D eigenvalue weighted by atomic mass is 35.5. The molecule has 1 heterocycles. The van der Waals surface area contributed by atoms with E-state index >= 15 is 0 Å². The van der Waals surface area contributed by atoms with Gasteiger partial charge in [-0.25, -0.2) is 8.42 Å². The van der Waals surface area contributed by atoms with Crippen LogP contribution in [0.4, 0.5) is 5.69 Å². The number of ether oxygens (including phenoxy) is 1. The third-order valence-corrected chi connectivity index (χ3v) is 5.43. The van der Waals surface area contributed by atoms with Crippen LogP contribution >= 0.6 is 11.6 Å². The van der Waals surface area contributed by atoms with Gasteiger partial charge in [-0.15, -0.1) is 11.6 Å². The maximum absolute atomic E-state index is 12.1. The molecule has 3 aromatic rings. The summed E-state index contributed by atoms with van der Waals surface area (Å²) in [6, 6.07) is 16.7. The summed E-state index contributed by atoms with van der Waals surface area (Å²) >= 11 is 5.59. The SMILES string of the molecule is O=S(=O)(CCCCl)Nc1ccccc1COc1cccc2cccnc12. The number of aromatic nitrogens is 1. The molecule has 0 fully saturated rings. The molecule has 0 aliphatic carbocycles. The van der Waals surface area contributed by atoms with Crippen LogP contribution in [0, 0.1) is 0 Å². The Morgan fingerprint density at radius 3 is 2.69 bits per heavy atom. The first-order chi connectivity index (χ1) is 12.6. The first kappa shape index (κ1) is 18.5. The van der Waals surface area contributed by atoms with Crippen LogP contribution in [0.3, 0.4) is 0 Å². The van der Waals surface area contributed by atoms with Gasteiger partial charge in [0.15, 0.2) is 0 Å². The molecule has 0 amide bonds. The summed E-state index contributed by atoms with van der Waals surface area (Å²) in [7, 11) is -3.44. The summed E-state index contributed by atoms with van der Waals surface area (Å²) in [6.07, 6.45) is 2.12. The highest BCUT2D eigenvalue weighted by Gasteiger charge is 2.13. The zero-order valence-electron chi connectivity index (χ0n) is 14.1. The molecule has 7 heteroatoms. The van der Waals surface area contributed by atoms with Crippen molar-refractivity contribution in [3.63, 3.8) is 0 Å². The Morgan fingerprint density at radius 2 is 1.85 bits per heavy atom. The van der Waals surface area contributed by atoms with E-state index in [4.69, 9.17) is 16.3 Å². The lowest BCUT2D eigenvalue weighted by Crippen LogP contribution is -2.18. The monoisotopic (exact) mass is 390 g/mol. The summed E-state index contributed by atoms with van der Waals surface area (Å²) in [5.74, 6) is 0.946. The molecule has 26 heavy (non-hydrogen) atoms. The number of hydrogen-bond acceptors (Lipinski definition) is 4. The van der Waals surface area contributed by atoms with E-state index in [2.05, 4.69) is 9.71 Å². The summed E-state index contributed by atoms with van der Waals surface area (Å²) in [6.45, 7) is 0.226. The van der Waals surface area contributed by atoms with Crippen LogP contribution in [0.15, 0.2) is 60.8 Å². The van der Waals surface area contributed by atoms with Crippen LogP contribution < -0.4 is 9.46 Å². The predicted octanol–water partition coefficient (Wildman–Crippen LogP) is 4.18.